The summed E-state index contributed by atoms with van der Waals surface area (Å²) in [5, 5.41) is 0.563. The van der Waals surface area contributed by atoms with Gasteiger partial charge in [0.25, 0.3) is 0 Å². The van der Waals surface area contributed by atoms with Crippen molar-refractivity contribution in [2.75, 3.05) is 16.8 Å². The van der Waals surface area contributed by atoms with Crippen molar-refractivity contribution in [3.63, 3.8) is 0 Å². The first-order chi connectivity index (χ1) is 8.00. The Morgan fingerprint density at radius 2 is 2.00 bits per heavy atom. The zero-order valence-corrected chi connectivity index (χ0v) is 12.1. The van der Waals surface area contributed by atoms with E-state index in [1.54, 1.807) is 25.1 Å². The van der Waals surface area contributed by atoms with E-state index in [0.717, 1.165) is 0 Å². The Labute approximate surface area is 110 Å². The fourth-order valence-electron chi connectivity index (χ4n) is 1.59. The lowest BCUT2D eigenvalue weighted by Crippen LogP contribution is -2.13. The van der Waals surface area contributed by atoms with Crippen LogP contribution in [-0.4, -0.2) is 25.3 Å². The van der Waals surface area contributed by atoms with Gasteiger partial charge in [0.05, 0.1) is 5.75 Å². The minimum Gasteiger partial charge on any atom is -0.229 e. The predicted octanol–water partition coefficient (Wildman–Crippen LogP) is 3.13. The fourth-order valence-corrected chi connectivity index (χ4v) is 3.19. The summed E-state index contributed by atoms with van der Waals surface area (Å²) in [6.07, 6.45) is 0.447. The molecule has 0 aliphatic heterocycles. The minimum absolute atomic E-state index is 0.0995. The summed E-state index contributed by atoms with van der Waals surface area (Å²) in [7, 11) is -2.99. The van der Waals surface area contributed by atoms with Gasteiger partial charge >= 0.3 is 0 Å². The molecule has 0 aliphatic rings. The summed E-state index contributed by atoms with van der Waals surface area (Å²) in [5.74, 6) is -0.128. The van der Waals surface area contributed by atoms with Crippen molar-refractivity contribution in [1.82, 2.24) is 0 Å². The third-order valence-electron chi connectivity index (χ3n) is 2.75. The van der Waals surface area contributed by atoms with E-state index in [1.165, 1.54) is 6.07 Å². The van der Waals surface area contributed by atoms with Crippen LogP contribution in [0.5, 0.6) is 0 Å². The van der Waals surface area contributed by atoms with E-state index in [4.69, 9.17) is 0 Å². The van der Waals surface area contributed by atoms with Gasteiger partial charge in [0, 0.05) is 11.1 Å². The largest absolute Gasteiger partial charge is 0.229 e. The number of sulfone groups is 1. The summed E-state index contributed by atoms with van der Waals surface area (Å²) < 4.78 is 36.4. The molecule has 2 nitrogen and oxygen atoms in total. The summed E-state index contributed by atoms with van der Waals surface area (Å²) in [5.41, 5.74) is 0.579. The molecule has 0 heterocycles. The molecule has 1 aromatic carbocycles. The maximum absolute atomic E-state index is 13.6. The van der Waals surface area contributed by atoms with Crippen molar-refractivity contribution in [2.24, 2.45) is 0 Å². The van der Waals surface area contributed by atoms with E-state index in [0.29, 0.717) is 17.3 Å². The Morgan fingerprint density at radius 3 is 2.53 bits per heavy atom. The minimum atomic E-state index is -2.99. The molecule has 0 spiro atoms. The summed E-state index contributed by atoms with van der Waals surface area (Å²) in [6.45, 7) is 1.63. The Morgan fingerprint density at radius 1 is 1.35 bits per heavy atom. The number of halogens is 2. The molecular weight excluding hydrogens is 307 g/mol. The molecule has 0 aliphatic carbocycles. The molecule has 5 heteroatoms. The zero-order chi connectivity index (χ0) is 12.9. The smallest absolute Gasteiger partial charge is 0.150 e. The van der Waals surface area contributed by atoms with Gasteiger partial charge in [0.1, 0.15) is 15.7 Å². The van der Waals surface area contributed by atoms with Crippen LogP contribution in [0.4, 0.5) is 4.39 Å². The third kappa shape index (κ3) is 4.39. The molecule has 0 aromatic heterocycles. The average molecular weight is 323 g/mol. The molecule has 1 rings (SSSR count). The van der Waals surface area contributed by atoms with Gasteiger partial charge in [0.2, 0.25) is 0 Å². The lowest BCUT2D eigenvalue weighted by molar-refractivity contribution is 0.574. The van der Waals surface area contributed by atoms with E-state index in [2.05, 4.69) is 15.9 Å². The van der Waals surface area contributed by atoms with Gasteiger partial charge < -0.3 is 0 Å². The van der Waals surface area contributed by atoms with Crippen LogP contribution in [0.1, 0.15) is 24.8 Å². The van der Waals surface area contributed by atoms with Gasteiger partial charge in [-0.05, 0) is 24.0 Å². The first kappa shape index (κ1) is 14.6. The number of hydrogen-bond acceptors (Lipinski definition) is 2. The summed E-state index contributed by atoms with van der Waals surface area (Å²) in [4.78, 5) is 0. The highest BCUT2D eigenvalue weighted by atomic mass is 79.9. The quantitative estimate of drug-likeness (QED) is 0.754. The van der Waals surface area contributed by atoms with E-state index in [1.807, 2.05) is 0 Å². The average Bonchev–Trinajstić information content (AvgIpc) is 2.32. The maximum atomic E-state index is 13.6. The van der Waals surface area contributed by atoms with Crippen LogP contribution in [0, 0.1) is 5.82 Å². The van der Waals surface area contributed by atoms with Crippen LogP contribution < -0.4 is 0 Å². The first-order valence-corrected chi connectivity index (χ1v) is 8.45. The van der Waals surface area contributed by atoms with E-state index >= 15 is 0 Å². The molecule has 1 unspecified atom stereocenters. The van der Waals surface area contributed by atoms with Crippen molar-refractivity contribution < 1.29 is 12.8 Å². The molecule has 1 atom stereocenters. The van der Waals surface area contributed by atoms with Gasteiger partial charge in [-0.15, -0.1) is 0 Å². The Hall–Kier alpha value is -0.420. The fraction of sp³-hybridized carbons (Fsp3) is 0.500. The van der Waals surface area contributed by atoms with Crippen LogP contribution in [0.15, 0.2) is 24.3 Å². The van der Waals surface area contributed by atoms with Gasteiger partial charge in [-0.2, -0.15) is 0 Å². The lowest BCUT2D eigenvalue weighted by Gasteiger charge is -2.15. The number of rotatable bonds is 6. The second-order valence-electron chi connectivity index (χ2n) is 3.90. The molecular formula is C12H16BrFO2S. The molecule has 0 saturated carbocycles. The highest BCUT2D eigenvalue weighted by molar-refractivity contribution is 9.09. The van der Waals surface area contributed by atoms with E-state index in [9.17, 15) is 12.8 Å². The number of benzene rings is 1. The highest BCUT2D eigenvalue weighted by Gasteiger charge is 2.17. The topological polar surface area (TPSA) is 34.1 Å². The van der Waals surface area contributed by atoms with Crippen LogP contribution >= 0.6 is 15.9 Å². The van der Waals surface area contributed by atoms with Gasteiger partial charge in [0.15, 0.2) is 0 Å². The van der Waals surface area contributed by atoms with Gasteiger partial charge in [-0.3, -0.25) is 0 Å². The molecule has 0 radical (unpaired) electrons. The SMILES string of the molecule is CCS(=O)(=O)CCC(CBr)c1ccccc1F. The Balaban J connectivity index is 2.77. The Bertz CT molecular complexity index is 459. The molecule has 0 bridgehead atoms. The molecule has 0 fully saturated rings. The van der Waals surface area contributed by atoms with Gasteiger partial charge in [-0.1, -0.05) is 41.1 Å². The van der Waals surface area contributed by atoms with Crippen LogP contribution in [0.25, 0.3) is 0 Å². The van der Waals surface area contributed by atoms with Crippen molar-refractivity contribution in [3.05, 3.63) is 35.6 Å². The zero-order valence-electron chi connectivity index (χ0n) is 9.70. The second-order valence-corrected chi connectivity index (χ2v) is 7.02. The molecule has 96 valence electrons. The summed E-state index contributed by atoms with van der Waals surface area (Å²) in [6, 6.07) is 6.51. The lowest BCUT2D eigenvalue weighted by atomic mass is 9.98. The Kier molecular flexibility index (Phi) is 5.59. The van der Waals surface area contributed by atoms with E-state index < -0.39 is 9.84 Å². The third-order valence-corrected chi connectivity index (χ3v) is 5.27. The summed E-state index contributed by atoms with van der Waals surface area (Å²) >= 11 is 3.31. The van der Waals surface area contributed by atoms with Gasteiger partial charge in [-0.25, -0.2) is 12.8 Å². The monoisotopic (exact) mass is 322 g/mol. The van der Waals surface area contributed by atoms with Crippen molar-refractivity contribution in [2.45, 2.75) is 19.3 Å². The van der Waals surface area contributed by atoms with Crippen LogP contribution in [-0.2, 0) is 9.84 Å². The first-order valence-electron chi connectivity index (χ1n) is 5.51. The van der Waals surface area contributed by atoms with E-state index in [-0.39, 0.29) is 23.2 Å². The van der Waals surface area contributed by atoms with Crippen LogP contribution in [0.2, 0.25) is 0 Å². The standard InChI is InChI=1S/C12H16BrFO2S/c1-2-17(15,16)8-7-10(9-13)11-5-3-4-6-12(11)14/h3-6,10H,2,7-9H2,1H3. The normalized spacial score (nSPS) is 13.6. The second kappa shape index (κ2) is 6.50. The number of alkyl halides is 1. The maximum Gasteiger partial charge on any atom is 0.150 e. The molecule has 17 heavy (non-hydrogen) atoms. The number of hydrogen-bond donors (Lipinski definition) is 0. The van der Waals surface area contributed by atoms with Crippen LogP contribution in [0.3, 0.4) is 0 Å². The van der Waals surface area contributed by atoms with Crippen molar-refractivity contribution in [3.8, 4) is 0 Å². The molecule has 0 N–H and O–H groups in total. The highest BCUT2D eigenvalue weighted by Crippen LogP contribution is 2.25. The predicted molar refractivity (Wildman–Crippen MR) is 71.9 cm³/mol. The molecule has 0 saturated heterocycles. The molecule has 0 amide bonds. The molecule has 1 aromatic rings. The van der Waals surface area contributed by atoms with Crippen molar-refractivity contribution in [1.29, 1.82) is 0 Å². The van der Waals surface area contributed by atoms with Crippen molar-refractivity contribution >= 4 is 25.8 Å².